The Balaban J connectivity index is 1.44. The van der Waals surface area contributed by atoms with Gasteiger partial charge in [0.05, 0.1) is 12.0 Å². The standard InChI is InChI=1S/C20H27N5O/c1-23-13-18(22-16-23)19(26)25-11-5-8-20(15-25)7-4-10-24(14-20)12-17-6-2-3-9-21-17/h2-3,6,9,13,16H,4-5,7-8,10-12,14-15H2,1H3. The van der Waals surface area contributed by atoms with Gasteiger partial charge in [-0.15, -0.1) is 0 Å². The van der Waals surface area contributed by atoms with Crippen molar-refractivity contribution in [2.45, 2.75) is 32.2 Å². The molecule has 1 unspecified atom stereocenters. The van der Waals surface area contributed by atoms with E-state index in [1.54, 1.807) is 6.33 Å². The molecule has 2 aliphatic heterocycles. The summed E-state index contributed by atoms with van der Waals surface area (Å²) in [6, 6.07) is 6.11. The fourth-order valence-electron chi connectivity index (χ4n) is 4.57. The van der Waals surface area contributed by atoms with Gasteiger partial charge in [0.1, 0.15) is 5.69 Å². The van der Waals surface area contributed by atoms with Crippen LogP contribution in [0.3, 0.4) is 0 Å². The summed E-state index contributed by atoms with van der Waals surface area (Å²) in [7, 11) is 1.90. The molecule has 0 aromatic carbocycles. The molecule has 1 spiro atoms. The number of hydrogen-bond acceptors (Lipinski definition) is 4. The van der Waals surface area contributed by atoms with Gasteiger partial charge in [0.15, 0.2) is 0 Å². The minimum Gasteiger partial charge on any atom is -0.340 e. The molecular formula is C20H27N5O. The first-order chi connectivity index (χ1) is 12.6. The first kappa shape index (κ1) is 17.2. The number of pyridine rings is 1. The van der Waals surface area contributed by atoms with Gasteiger partial charge < -0.3 is 9.47 Å². The molecule has 2 aromatic heterocycles. The maximum absolute atomic E-state index is 12.8. The summed E-state index contributed by atoms with van der Waals surface area (Å²) < 4.78 is 1.84. The first-order valence-electron chi connectivity index (χ1n) is 9.53. The maximum Gasteiger partial charge on any atom is 0.274 e. The van der Waals surface area contributed by atoms with E-state index in [-0.39, 0.29) is 11.3 Å². The zero-order chi connectivity index (χ0) is 18.0. The predicted octanol–water partition coefficient (Wildman–Crippen LogP) is 2.33. The molecule has 0 saturated carbocycles. The highest BCUT2D eigenvalue weighted by Gasteiger charge is 2.40. The number of nitrogens with zero attached hydrogens (tertiary/aromatic N) is 5. The van der Waals surface area contributed by atoms with E-state index in [9.17, 15) is 4.79 Å². The van der Waals surface area contributed by atoms with Crippen molar-refractivity contribution in [3.63, 3.8) is 0 Å². The van der Waals surface area contributed by atoms with E-state index in [0.717, 1.165) is 44.8 Å². The molecule has 1 amide bonds. The number of aryl methyl sites for hydroxylation is 1. The van der Waals surface area contributed by atoms with Crippen LogP contribution in [0.2, 0.25) is 0 Å². The summed E-state index contributed by atoms with van der Waals surface area (Å²) in [6.07, 6.45) is 10.1. The number of imidazole rings is 1. The van der Waals surface area contributed by atoms with Gasteiger partial charge in [-0.05, 0) is 44.4 Å². The molecule has 2 aliphatic rings. The molecular weight excluding hydrogens is 326 g/mol. The maximum atomic E-state index is 12.8. The number of piperidine rings is 2. The zero-order valence-corrected chi connectivity index (χ0v) is 15.5. The minimum atomic E-state index is 0.0755. The average Bonchev–Trinajstić information content (AvgIpc) is 3.08. The second-order valence-corrected chi connectivity index (χ2v) is 7.89. The Morgan fingerprint density at radius 2 is 2.00 bits per heavy atom. The summed E-state index contributed by atoms with van der Waals surface area (Å²) in [5.41, 5.74) is 1.91. The van der Waals surface area contributed by atoms with Crippen LogP contribution in [0.15, 0.2) is 36.9 Å². The number of aromatic nitrogens is 3. The quantitative estimate of drug-likeness (QED) is 0.850. The van der Waals surface area contributed by atoms with Crippen molar-refractivity contribution in [2.24, 2.45) is 12.5 Å². The van der Waals surface area contributed by atoms with Gasteiger partial charge in [-0.3, -0.25) is 14.7 Å². The van der Waals surface area contributed by atoms with E-state index < -0.39 is 0 Å². The van der Waals surface area contributed by atoms with Crippen LogP contribution in [0.1, 0.15) is 41.9 Å². The number of amides is 1. The van der Waals surface area contributed by atoms with Crippen LogP contribution in [0, 0.1) is 5.41 Å². The van der Waals surface area contributed by atoms with Gasteiger partial charge in [-0.1, -0.05) is 6.07 Å². The molecule has 0 N–H and O–H groups in total. The van der Waals surface area contributed by atoms with Crippen molar-refractivity contribution < 1.29 is 4.79 Å². The van der Waals surface area contributed by atoms with Crippen LogP contribution in [0.4, 0.5) is 0 Å². The van der Waals surface area contributed by atoms with Crippen molar-refractivity contribution in [1.82, 2.24) is 24.3 Å². The second-order valence-electron chi connectivity index (χ2n) is 7.89. The number of hydrogen-bond donors (Lipinski definition) is 0. The van der Waals surface area contributed by atoms with Gasteiger partial charge in [0, 0.05) is 51.0 Å². The smallest absolute Gasteiger partial charge is 0.274 e. The molecule has 6 nitrogen and oxygen atoms in total. The Hall–Kier alpha value is -2.21. The van der Waals surface area contributed by atoms with Crippen molar-refractivity contribution in [3.8, 4) is 0 Å². The molecule has 138 valence electrons. The minimum absolute atomic E-state index is 0.0755. The van der Waals surface area contributed by atoms with Crippen molar-refractivity contribution in [2.75, 3.05) is 26.2 Å². The number of carbonyl (C=O) groups excluding carboxylic acids is 1. The van der Waals surface area contributed by atoms with Crippen LogP contribution >= 0.6 is 0 Å². The highest BCUT2D eigenvalue weighted by atomic mass is 16.2. The van der Waals surface area contributed by atoms with Gasteiger partial charge in [0.25, 0.3) is 5.91 Å². The SMILES string of the molecule is Cn1cnc(C(=O)N2CCCC3(CCCN(Cc4ccccn4)C3)C2)c1. The summed E-state index contributed by atoms with van der Waals surface area (Å²) in [4.78, 5) is 26.1. The number of rotatable bonds is 3. The molecule has 4 heterocycles. The van der Waals surface area contributed by atoms with Crippen molar-refractivity contribution in [1.29, 1.82) is 0 Å². The lowest BCUT2D eigenvalue weighted by molar-refractivity contribution is 0.0108. The van der Waals surface area contributed by atoms with E-state index >= 15 is 0 Å². The van der Waals surface area contributed by atoms with Gasteiger partial charge in [0.2, 0.25) is 0 Å². The van der Waals surface area contributed by atoms with E-state index in [0.29, 0.717) is 5.69 Å². The first-order valence-corrected chi connectivity index (χ1v) is 9.53. The molecule has 0 radical (unpaired) electrons. The van der Waals surface area contributed by atoms with Crippen LogP contribution in [-0.4, -0.2) is 56.4 Å². The Morgan fingerprint density at radius 3 is 2.73 bits per heavy atom. The summed E-state index contributed by atoms with van der Waals surface area (Å²) in [5, 5.41) is 0. The molecule has 2 fully saturated rings. The second kappa shape index (κ2) is 7.19. The summed E-state index contributed by atoms with van der Waals surface area (Å²) in [5.74, 6) is 0.0755. The third-order valence-electron chi connectivity index (χ3n) is 5.72. The van der Waals surface area contributed by atoms with Crippen LogP contribution in [0.5, 0.6) is 0 Å². The van der Waals surface area contributed by atoms with Gasteiger partial charge in [-0.25, -0.2) is 4.98 Å². The molecule has 2 aromatic rings. The third kappa shape index (κ3) is 3.65. The average molecular weight is 353 g/mol. The molecule has 2 saturated heterocycles. The molecule has 0 aliphatic carbocycles. The lowest BCUT2D eigenvalue weighted by atomic mass is 9.73. The van der Waals surface area contributed by atoms with Gasteiger partial charge in [-0.2, -0.15) is 0 Å². The Bertz CT molecular complexity index is 755. The lowest BCUT2D eigenvalue weighted by Gasteiger charge is -2.48. The normalized spacial score (nSPS) is 24.1. The molecule has 26 heavy (non-hydrogen) atoms. The van der Waals surface area contributed by atoms with Gasteiger partial charge >= 0.3 is 0 Å². The number of carbonyl (C=O) groups is 1. The zero-order valence-electron chi connectivity index (χ0n) is 15.5. The number of likely N-dealkylation sites (tertiary alicyclic amines) is 2. The fraction of sp³-hybridized carbons (Fsp3) is 0.550. The monoisotopic (exact) mass is 353 g/mol. The van der Waals surface area contributed by atoms with E-state index in [2.05, 4.69) is 27.0 Å². The fourth-order valence-corrected chi connectivity index (χ4v) is 4.57. The summed E-state index contributed by atoms with van der Waals surface area (Å²) >= 11 is 0. The van der Waals surface area contributed by atoms with Crippen LogP contribution < -0.4 is 0 Å². The molecule has 4 rings (SSSR count). The highest BCUT2D eigenvalue weighted by Crippen LogP contribution is 2.39. The van der Waals surface area contributed by atoms with Crippen molar-refractivity contribution in [3.05, 3.63) is 48.3 Å². The topological polar surface area (TPSA) is 54.3 Å². The van der Waals surface area contributed by atoms with E-state index in [4.69, 9.17) is 0 Å². The van der Waals surface area contributed by atoms with Crippen LogP contribution in [0.25, 0.3) is 0 Å². The van der Waals surface area contributed by atoms with Crippen molar-refractivity contribution >= 4 is 5.91 Å². The summed E-state index contributed by atoms with van der Waals surface area (Å²) in [6.45, 7) is 4.76. The van der Waals surface area contributed by atoms with Crippen LogP contribution in [-0.2, 0) is 13.6 Å². The Labute approximate surface area is 154 Å². The third-order valence-corrected chi connectivity index (χ3v) is 5.72. The highest BCUT2D eigenvalue weighted by molar-refractivity contribution is 5.92. The van der Waals surface area contributed by atoms with E-state index in [1.165, 1.54) is 19.3 Å². The predicted molar refractivity (Wildman–Crippen MR) is 99.5 cm³/mol. The van der Waals surface area contributed by atoms with E-state index in [1.807, 2.05) is 35.0 Å². The largest absolute Gasteiger partial charge is 0.340 e. The molecule has 1 atom stereocenters. The molecule has 0 bridgehead atoms. The Kier molecular flexibility index (Phi) is 4.76. The Morgan fingerprint density at radius 1 is 1.15 bits per heavy atom. The lowest BCUT2D eigenvalue weighted by Crippen LogP contribution is -2.53. The molecule has 6 heteroatoms.